The van der Waals surface area contributed by atoms with Gasteiger partial charge >= 0.3 is 0 Å². The number of carbonyl (C=O) groups excluding carboxylic acids is 1. The van der Waals surface area contributed by atoms with Crippen LogP contribution in [-0.2, 0) is 11.8 Å². The largest absolute Gasteiger partial charge is 0.493 e. The van der Waals surface area contributed by atoms with Crippen molar-refractivity contribution in [1.82, 2.24) is 20.2 Å². The van der Waals surface area contributed by atoms with Crippen LogP contribution < -0.4 is 14.9 Å². The van der Waals surface area contributed by atoms with Gasteiger partial charge in [0.15, 0.2) is 22.5 Å². The van der Waals surface area contributed by atoms with E-state index in [1.165, 1.54) is 11.8 Å². The summed E-state index contributed by atoms with van der Waals surface area (Å²) in [6.45, 7) is 3.89. The maximum Gasteiger partial charge on any atom is 0.250 e. The second-order valence-electron chi connectivity index (χ2n) is 7.03. The van der Waals surface area contributed by atoms with Gasteiger partial charge in [-0.05, 0) is 61.9 Å². The number of thioether (sulfide) groups is 1. The third-order valence-electron chi connectivity index (χ3n) is 4.22. The Labute approximate surface area is 196 Å². The van der Waals surface area contributed by atoms with Crippen molar-refractivity contribution in [3.05, 3.63) is 53.1 Å². The zero-order chi connectivity index (χ0) is 23.1. The lowest BCUT2D eigenvalue weighted by Crippen LogP contribution is -2.19. The van der Waals surface area contributed by atoms with Crippen LogP contribution in [-0.4, -0.2) is 45.9 Å². The van der Waals surface area contributed by atoms with E-state index in [4.69, 9.17) is 21.1 Å². The van der Waals surface area contributed by atoms with E-state index in [1.807, 2.05) is 49.7 Å². The lowest BCUT2D eigenvalue weighted by atomic mass is 10.2. The summed E-state index contributed by atoms with van der Waals surface area (Å²) in [4.78, 5) is 12.2. The molecule has 0 fully saturated rings. The van der Waals surface area contributed by atoms with Gasteiger partial charge in [0.1, 0.15) is 0 Å². The van der Waals surface area contributed by atoms with Gasteiger partial charge in [0.25, 0.3) is 5.91 Å². The minimum Gasteiger partial charge on any atom is -0.493 e. The third-order valence-corrected chi connectivity index (χ3v) is 5.50. The molecule has 0 saturated carbocycles. The number of hydrogen-bond acceptors (Lipinski definition) is 7. The van der Waals surface area contributed by atoms with Gasteiger partial charge in [-0.1, -0.05) is 23.4 Å². The minimum atomic E-state index is -0.256. The molecule has 8 nitrogen and oxygen atoms in total. The fourth-order valence-corrected chi connectivity index (χ4v) is 3.58. The standard InChI is InChI=1S/C22H24ClN5O3S/c1-14(2)31-18-10-5-15(11-19(18)30-4)12-24-25-20(29)13-32-22-27-26-21(28(22)3)16-6-8-17(23)9-7-16/h5-12,14H,13H2,1-4H3,(H,25,29). The quantitative estimate of drug-likeness (QED) is 0.285. The molecule has 3 aromatic rings. The molecule has 1 amide bonds. The molecule has 0 aliphatic rings. The second kappa shape index (κ2) is 11.0. The van der Waals surface area contributed by atoms with E-state index in [0.29, 0.717) is 27.5 Å². The Hall–Kier alpha value is -3.04. The maximum atomic E-state index is 12.2. The van der Waals surface area contributed by atoms with Crippen molar-refractivity contribution in [2.24, 2.45) is 12.1 Å². The van der Waals surface area contributed by atoms with Crippen molar-refractivity contribution < 1.29 is 14.3 Å². The molecule has 0 atom stereocenters. The Kier molecular flexibility index (Phi) is 8.13. The van der Waals surface area contributed by atoms with Gasteiger partial charge in [-0.25, -0.2) is 5.43 Å². The van der Waals surface area contributed by atoms with Gasteiger partial charge in [-0.2, -0.15) is 5.10 Å². The van der Waals surface area contributed by atoms with Crippen LogP contribution in [0.3, 0.4) is 0 Å². The first-order valence-corrected chi connectivity index (χ1v) is 11.2. The number of amides is 1. The Balaban J connectivity index is 1.54. The molecular weight excluding hydrogens is 450 g/mol. The molecule has 32 heavy (non-hydrogen) atoms. The number of hydrogen-bond donors (Lipinski definition) is 1. The number of ether oxygens (including phenoxy) is 2. The molecule has 0 unspecified atom stereocenters. The fraction of sp³-hybridized carbons (Fsp3) is 0.273. The zero-order valence-electron chi connectivity index (χ0n) is 18.2. The van der Waals surface area contributed by atoms with Gasteiger partial charge in [0.2, 0.25) is 0 Å². The highest BCUT2D eigenvalue weighted by molar-refractivity contribution is 7.99. The van der Waals surface area contributed by atoms with Gasteiger partial charge < -0.3 is 14.0 Å². The average Bonchev–Trinajstić information content (AvgIpc) is 3.13. The third kappa shape index (κ3) is 6.24. The van der Waals surface area contributed by atoms with E-state index in [9.17, 15) is 4.79 Å². The van der Waals surface area contributed by atoms with Crippen LogP contribution in [0.4, 0.5) is 0 Å². The van der Waals surface area contributed by atoms with Crippen molar-refractivity contribution in [2.75, 3.05) is 12.9 Å². The number of benzene rings is 2. The van der Waals surface area contributed by atoms with E-state index < -0.39 is 0 Å². The number of hydrazone groups is 1. The van der Waals surface area contributed by atoms with Gasteiger partial charge in [-0.15, -0.1) is 10.2 Å². The molecule has 1 N–H and O–H groups in total. The lowest BCUT2D eigenvalue weighted by Gasteiger charge is -2.13. The van der Waals surface area contributed by atoms with Crippen LogP contribution >= 0.6 is 23.4 Å². The van der Waals surface area contributed by atoms with E-state index in [2.05, 4.69) is 20.7 Å². The number of halogens is 1. The molecule has 2 aromatic carbocycles. The Morgan fingerprint density at radius 3 is 2.66 bits per heavy atom. The van der Waals surface area contributed by atoms with Crippen molar-refractivity contribution in [2.45, 2.75) is 25.1 Å². The number of rotatable bonds is 9. The van der Waals surface area contributed by atoms with Crippen molar-refractivity contribution in [3.63, 3.8) is 0 Å². The molecule has 0 saturated heterocycles. The van der Waals surface area contributed by atoms with E-state index in [0.717, 1.165) is 11.1 Å². The van der Waals surface area contributed by atoms with Crippen LogP contribution in [0.1, 0.15) is 19.4 Å². The summed E-state index contributed by atoms with van der Waals surface area (Å²) >= 11 is 7.21. The molecule has 0 bridgehead atoms. The Morgan fingerprint density at radius 2 is 1.97 bits per heavy atom. The zero-order valence-corrected chi connectivity index (χ0v) is 19.8. The number of nitrogens with zero attached hydrogens (tertiary/aromatic N) is 4. The molecule has 0 aliphatic carbocycles. The summed E-state index contributed by atoms with van der Waals surface area (Å²) in [5, 5.41) is 13.7. The summed E-state index contributed by atoms with van der Waals surface area (Å²) < 4.78 is 12.9. The summed E-state index contributed by atoms with van der Waals surface area (Å²) in [7, 11) is 3.43. The highest BCUT2D eigenvalue weighted by atomic mass is 35.5. The van der Waals surface area contributed by atoms with Crippen LogP contribution in [0, 0.1) is 0 Å². The maximum absolute atomic E-state index is 12.2. The van der Waals surface area contributed by atoms with Crippen LogP contribution in [0.15, 0.2) is 52.7 Å². The van der Waals surface area contributed by atoms with E-state index in [-0.39, 0.29) is 17.8 Å². The van der Waals surface area contributed by atoms with Gasteiger partial charge in [0, 0.05) is 17.6 Å². The summed E-state index contributed by atoms with van der Waals surface area (Å²) in [5.41, 5.74) is 4.18. The molecule has 10 heteroatoms. The van der Waals surface area contributed by atoms with Crippen LogP contribution in [0.2, 0.25) is 5.02 Å². The summed E-state index contributed by atoms with van der Waals surface area (Å²) in [6.07, 6.45) is 1.59. The van der Waals surface area contributed by atoms with E-state index >= 15 is 0 Å². The van der Waals surface area contributed by atoms with Crippen molar-refractivity contribution >= 4 is 35.5 Å². The normalized spacial score (nSPS) is 11.2. The predicted molar refractivity (Wildman–Crippen MR) is 127 cm³/mol. The summed E-state index contributed by atoms with van der Waals surface area (Å²) in [5.74, 6) is 1.84. The predicted octanol–water partition coefficient (Wildman–Crippen LogP) is 4.17. The number of carbonyl (C=O) groups is 1. The first-order valence-electron chi connectivity index (χ1n) is 9.82. The van der Waals surface area contributed by atoms with Crippen molar-refractivity contribution in [3.8, 4) is 22.9 Å². The monoisotopic (exact) mass is 473 g/mol. The van der Waals surface area contributed by atoms with Crippen LogP contribution in [0.5, 0.6) is 11.5 Å². The number of nitrogens with one attached hydrogen (secondary N) is 1. The molecule has 0 aliphatic heterocycles. The molecule has 0 radical (unpaired) electrons. The molecule has 0 spiro atoms. The summed E-state index contributed by atoms with van der Waals surface area (Å²) in [6, 6.07) is 12.8. The highest BCUT2D eigenvalue weighted by Crippen LogP contribution is 2.28. The Bertz CT molecular complexity index is 1100. The number of methoxy groups -OCH3 is 1. The smallest absolute Gasteiger partial charge is 0.250 e. The minimum absolute atomic E-state index is 0.0383. The molecular formula is C22H24ClN5O3S. The molecule has 1 aromatic heterocycles. The highest BCUT2D eigenvalue weighted by Gasteiger charge is 2.13. The van der Waals surface area contributed by atoms with Gasteiger partial charge in [-0.3, -0.25) is 4.79 Å². The molecule has 3 rings (SSSR count). The van der Waals surface area contributed by atoms with Gasteiger partial charge in [0.05, 0.1) is 25.2 Å². The second-order valence-corrected chi connectivity index (χ2v) is 8.41. The number of aromatic nitrogens is 3. The fourth-order valence-electron chi connectivity index (χ4n) is 2.75. The first-order chi connectivity index (χ1) is 15.4. The molecule has 168 valence electrons. The first kappa shape index (κ1) is 23.6. The average molecular weight is 474 g/mol. The lowest BCUT2D eigenvalue weighted by molar-refractivity contribution is -0.118. The molecule has 1 heterocycles. The topological polar surface area (TPSA) is 90.6 Å². The Morgan fingerprint density at radius 1 is 1.22 bits per heavy atom. The van der Waals surface area contributed by atoms with E-state index in [1.54, 1.807) is 31.5 Å². The van der Waals surface area contributed by atoms with Crippen LogP contribution in [0.25, 0.3) is 11.4 Å². The van der Waals surface area contributed by atoms with Crippen molar-refractivity contribution in [1.29, 1.82) is 0 Å². The SMILES string of the molecule is COc1cc(C=NNC(=O)CSc2nnc(-c3ccc(Cl)cc3)n2C)ccc1OC(C)C.